The van der Waals surface area contributed by atoms with Gasteiger partial charge in [0.2, 0.25) is 5.88 Å². The summed E-state index contributed by atoms with van der Waals surface area (Å²) in [7, 11) is 0. The quantitative estimate of drug-likeness (QED) is 0.719. The van der Waals surface area contributed by atoms with Crippen molar-refractivity contribution < 1.29 is 15.0 Å². The lowest BCUT2D eigenvalue weighted by atomic mass is 10.2. The van der Waals surface area contributed by atoms with Crippen LogP contribution in [0.2, 0.25) is 0 Å². The number of rotatable bonds is 5. The zero-order valence-corrected chi connectivity index (χ0v) is 15.2. The Morgan fingerprint density at radius 3 is 2.42 bits per heavy atom. The molecule has 3 aromatic rings. The lowest BCUT2D eigenvalue weighted by Crippen LogP contribution is -2.24. The molecule has 0 saturated carbocycles. The van der Waals surface area contributed by atoms with Crippen molar-refractivity contribution in [2.45, 2.75) is 13.8 Å². The number of hydrogen-bond donors (Lipinski definition) is 2. The normalized spacial score (nSPS) is 10.7. The molecule has 134 valence electrons. The second kappa shape index (κ2) is 7.05. The SMILES string of the molecule is Cc1ccc(-n2c(O)c(N(CC(=O)O)c3cccc(C)c3)sc2=O)cc1. The van der Waals surface area contributed by atoms with Crippen molar-refractivity contribution in [1.29, 1.82) is 0 Å². The van der Waals surface area contributed by atoms with Crippen molar-refractivity contribution in [3.8, 4) is 11.6 Å². The second-order valence-electron chi connectivity index (χ2n) is 5.99. The van der Waals surface area contributed by atoms with Crippen molar-refractivity contribution in [3.05, 3.63) is 69.3 Å². The van der Waals surface area contributed by atoms with Gasteiger partial charge in [0.25, 0.3) is 0 Å². The number of hydrogen-bond acceptors (Lipinski definition) is 5. The lowest BCUT2D eigenvalue weighted by molar-refractivity contribution is -0.135. The zero-order chi connectivity index (χ0) is 18.8. The zero-order valence-electron chi connectivity index (χ0n) is 14.3. The van der Waals surface area contributed by atoms with Gasteiger partial charge in [-0.1, -0.05) is 41.2 Å². The number of anilines is 2. The molecule has 0 bridgehead atoms. The van der Waals surface area contributed by atoms with E-state index in [1.54, 1.807) is 24.3 Å². The monoisotopic (exact) mass is 370 g/mol. The number of nitrogens with zero attached hydrogens (tertiary/aromatic N) is 2. The minimum Gasteiger partial charge on any atom is -0.492 e. The number of aliphatic carboxylic acids is 1. The van der Waals surface area contributed by atoms with E-state index in [9.17, 15) is 19.8 Å². The molecule has 0 aliphatic rings. The molecule has 0 spiro atoms. The van der Waals surface area contributed by atoms with E-state index in [0.29, 0.717) is 11.4 Å². The molecular formula is C19H18N2O4S. The van der Waals surface area contributed by atoms with Gasteiger partial charge in [-0.15, -0.1) is 0 Å². The van der Waals surface area contributed by atoms with E-state index in [1.807, 2.05) is 38.1 Å². The summed E-state index contributed by atoms with van der Waals surface area (Å²) in [6.07, 6.45) is 0. The number of carboxylic acid groups (broad SMARTS) is 1. The van der Waals surface area contributed by atoms with Gasteiger partial charge >= 0.3 is 10.8 Å². The average molecular weight is 370 g/mol. The summed E-state index contributed by atoms with van der Waals surface area (Å²) in [5.41, 5.74) is 3.10. The van der Waals surface area contributed by atoms with Crippen LogP contribution in [0.4, 0.5) is 10.7 Å². The van der Waals surface area contributed by atoms with Crippen molar-refractivity contribution in [2.24, 2.45) is 0 Å². The number of carbonyl (C=O) groups is 1. The Balaban J connectivity index is 2.13. The fourth-order valence-corrected chi connectivity index (χ4v) is 3.58. The van der Waals surface area contributed by atoms with E-state index < -0.39 is 5.97 Å². The Morgan fingerprint density at radius 2 is 1.81 bits per heavy atom. The van der Waals surface area contributed by atoms with Crippen LogP contribution in [0.1, 0.15) is 11.1 Å². The van der Waals surface area contributed by atoms with Crippen LogP contribution >= 0.6 is 11.3 Å². The molecule has 0 fully saturated rings. The first kappa shape index (κ1) is 17.8. The van der Waals surface area contributed by atoms with Crippen molar-refractivity contribution in [1.82, 2.24) is 4.57 Å². The predicted molar refractivity (Wildman–Crippen MR) is 102 cm³/mol. The van der Waals surface area contributed by atoms with E-state index in [2.05, 4.69) is 0 Å². The highest BCUT2D eigenvalue weighted by Crippen LogP contribution is 2.37. The second-order valence-corrected chi connectivity index (χ2v) is 6.93. The molecule has 0 atom stereocenters. The van der Waals surface area contributed by atoms with E-state index in [1.165, 1.54) is 9.47 Å². The Bertz CT molecular complexity index is 1010. The van der Waals surface area contributed by atoms with Gasteiger partial charge in [0, 0.05) is 5.69 Å². The summed E-state index contributed by atoms with van der Waals surface area (Å²) >= 11 is 0.811. The molecule has 2 aromatic carbocycles. The fraction of sp³-hybridized carbons (Fsp3) is 0.158. The summed E-state index contributed by atoms with van der Waals surface area (Å²) in [5.74, 6) is -1.33. The van der Waals surface area contributed by atoms with Gasteiger partial charge in [-0.25, -0.2) is 4.57 Å². The number of aromatic nitrogens is 1. The summed E-state index contributed by atoms with van der Waals surface area (Å²) in [4.78, 5) is 24.9. The standard InChI is InChI=1S/C19H18N2O4S/c1-12-6-8-14(9-7-12)21-17(24)18(26-19(21)25)20(11-16(22)23)15-5-3-4-13(2)10-15/h3-10,24H,11H2,1-2H3,(H,22,23). The maximum absolute atomic E-state index is 12.5. The highest BCUT2D eigenvalue weighted by Gasteiger charge is 2.24. The van der Waals surface area contributed by atoms with Crippen LogP contribution in [0.3, 0.4) is 0 Å². The van der Waals surface area contributed by atoms with Crippen LogP contribution in [-0.4, -0.2) is 27.3 Å². The van der Waals surface area contributed by atoms with E-state index in [0.717, 1.165) is 22.5 Å². The summed E-state index contributed by atoms with van der Waals surface area (Å²) in [5, 5.41) is 20.2. The van der Waals surface area contributed by atoms with Crippen LogP contribution in [0.15, 0.2) is 53.3 Å². The molecule has 0 unspecified atom stereocenters. The first-order chi connectivity index (χ1) is 12.4. The molecule has 0 aliphatic heterocycles. The Hall–Kier alpha value is -3.06. The van der Waals surface area contributed by atoms with E-state index in [-0.39, 0.29) is 22.3 Å². The van der Waals surface area contributed by atoms with Crippen LogP contribution < -0.4 is 9.77 Å². The first-order valence-electron chi connectivity index (χ1n) is 7.94. The Kier molecular flexibility index (Phi) is 4.81. The molecule has 0 radical (unpaired) electrons. The Morgan fingerprint density at radius 1 is 1.12 bits per heavy atom. The molecule has 0 saturated heterocycles. The minimum atomic E-state index is -1.06. The van der Waals surface area contributed by atoms with Gasteiger partial charge in [0.05, 0.1) is 5.69 Å². The van der Waals surface area contributed by atoms with Gasteiger partial charge in [0.1, 0.15) is 6.54 Å². The molecule has 7 heteroatoms. The highest BCUT2D eigenvalue weighted by atomic mass is 32.1. The number of thiazole rings is 1. The van der Waals surface area contributed by atoms with Gasteiger partial charge in [-0.05, 0) is 43.7 Å². The summed E-state index contributed by atoms with van der Waals surface area (Å²) in [6, 6.07) is 14.4. The third-order valence-electron chi connectivity index (χ3n) is 3.91. The smallest absolute Gasteiger partial charge is 0.323 e. The number of carboxylic acids is 1. The summed E-state index contributed by atoms with van der Waals surface area (Å²) < 4.78 is 1.18. The Labute approximate surface area is 154 Å². The molecule has 1 heterocycles. The van der Waals surface area contributed by atoms with Crippen LogP contribution in [0, 0.1) is 13.8 Å². The molecular weight excluding hydrogens is 352 g/mol. The first-order valence-corrected chi connectivity index (χ1v) is 8.76. The van der Waals surface area contributed by atoms with Crippen molar-refractivity contribution >= 4 is 28.0 Å². The molecule has 3 rings (SSSR count). The third-order valence-corrected chi connectivity index (χ3v) is 4.87. The fourth-order valence-electron chi connectivity index (χ4n) is 2.66. The van der Waals surface area contributed by atoms with Gasteiger partial charge in [-0.2, -0.15) is 0 Å². The maximum Gasteiger partial charge on any atom is 0.323 e. The van der Waals surface area contributed by atoms with Crippen molar-refractivity contribution in [3.63, 3.8) is 0 Å². The van der Waals surface area contributed by atoms with Gasteiger partial charge < -0.3 is 15.1 Å². The van der Waals surface area contributed by atoms with Gasteiger partial charge in [-0.3, -0.25) is 9.59 Å². The lowest BCUT2D eigenvalue weighted by Gasteiger charge is -2.21. The highest BCUT2D eigenvalue weighted by molar-refractivity contribution is 7.14. The largest absolute Gasteiger partial charge is 0.492 e. The molecule has 26 heavy (non-hydrogen) atoms. The minimum absolute atomic E-state index is 0.198. The van der Waals surface area contributed by atoms with E-state index >= 15 is 0 Å². The molecule has 1 aromatic heterocycles. The summed E-state index contributed by atoms with van der Waals surface area (Å²) in [6.45, 7) is 3.45. The van der Waals surface area contributed by atoms with Crippen LogP contribution in [-0.2, 0) is 4.79 Å². The van der Waals surface area contributed by atoms with Gasteiger partial charge in [0.15, 0.2) is 5.00 Å². The molecule has 0 aliphatic carbocycles. The molecule has 6 nitrogen and oxygen atoms in total. The predicted octanol–water partition coefficient (Wildman–Crippen LogP) is 3.44. The third kappa shape index (κ3) is 3.48. The van der Waals surface area contributed by atoms with E-state index in [4.69, 9.17) is 0 Å². The number of aromatic hydroxyl groups is 1. The maximum atomic E-state index is 12.5. The van der Waals surface area contributed by atoms with Crippen molar-refractivity contribution in [2.75, 3.05) is 11.4 Å². The van der Waals surface area contributed by atoms with Crippen LogP contribution in [0.5, 0.6) is 5.88 Å². The average Bonchev–Trinajstić information content (AvgIpc) is 2.88. The molecule has 2 N–H and O–H groups in total. The number of aryl methyl sites for hydroxylation is 2. The topological polar surface area (TPSA) is 82.8 Å². The molecule has 0 amide bonds. The number of benzene rings is 2. The van der Waals surface area contributed by atoms with Crippen LogP contribution in [0.25, 0.3) is 5.69 Å².